The lowest BCUT2D eigenvalue weighted by atomic mass is 10.1. The van der Waals surface area contributed by atoms with Crippen LogP contribution >= 0.6 is 0 Å². The Balaban J connectivity index is 1.40. The van der Waals surface area contributed by atoms with Gasteiger partial charge in [0.2, 0.25) is 0 Å². The summed E-state index contributed by atoms with van der Waals surface area (Å²) < 4.78 is 8.13. The van der Waals surface area contributed by atoms with Gasteiger partial charge < -0.3 is 9.84 Å². The first kappa shape index (κ1) is 15.7. The molecule has 5 nitrogen and oxygen atoms in total. The SMILES string of the molecule is OCc1cc2n(n1)CCN(Cc1cccc(OC3CCCC3)c1)C2. The summed E-state index contributed by atoms with van der Waals surface area (Å²) in [5, 5.41) is 13.6. The van der Waals surface area contributed by atoms with Crippen molar-refractivity contribution in [2.75, 3.05) is 6.54 Å². The molecule has 2 aromatic rings. The maximum atomic E-state index is 9.23. The van der Waals surface area contributed by atoms with Gasteiger partial charge in [0.1, 0.15) is 5.75 Å². The fraction of sp³-hybridized carbons (Fsp3) is 0.526. The van der Waals surface area contributed by atoms with Crippen LogP contribution in [-0.2, 0) is 26.2 Å². The number of aliphatic hydroxyl groups excluding tert-OH is 1. The van der Waals surface area contributed by atoms with Gasteiger partial charge in [-0.25, -0.2) is 0 Å². The Hall–Kier alpha value is -1.85. The molecule has 0 amide bonds. The van der Waals surface area contributed by atoms with Crippen LogP contribution in [0.2, 0.25) is 0 Å². The summed E-state index contributed by atoms with van der Waals surface area (Å²) in [5.74, 6) is 1.00. The van der Waals surface area contributed by atoms with Crippen LogP contribution in [0.1, 0.15) is 42.6 Å². The topological polar surface area (TPSA) is 50.5 Å². The Morgan fingerprint density at radius 3 is 2.88 bits per heavy atom. The number of hydrogen-bond donors (Lipinski definition) is 1. The quantitative estimate of drug-likeness (QED) is 0.917. The predicted octanol–water partition coefficient (Wildman–Crippen LogP) is 2.71. The monoisotopic (exact) mass is 327 g/mol. The summed E-state index contributed by atoms with van der Waals surface area (Å²) in [6.07, 6.45) is 5.37. The third-order valence-electron chi connectivity index (χ3n) is 5.00. The molecule has 2 aliphatic rings. The molecule has 0 radical (unpaired) electrons. The fourth-order valence-electron chi connectivity index (χ4n) is 3.77. The molecule has 2 heterocycles. The fourth-order valence-corrected chi connectivity index (χ4v) is 3.77. The molecule has 1 aliphatic heterocycles. The molecule has 0 spiro atoms. The van der Waals surface area contributed by atoms with E-state index >= 15 is 0 Å². The highest BCUT2D eigenvalue weighted by Gasteiger charge is 2.19. The summed E-state index contributed by atoms with van der Waals surface area (Å²) in [5.41, 5.74) is 3.24. The minimum Gasteiger partial charge on any atom is -0.490 e. The summed E-state index contributed by atoms with van der Waals surface area (Å²) in [4.78, 5) is 2.42. The van der Waals surface area contributed by atoms with Crippen LogP contribution in [0.3, 0.4) is 0 Å². The van der Waals surface area contributed by atoms with Crippen molar-refractivity contribution < 1.29 is 9.84 Å². The minimum absolute atomic E-state index is 0.0144. The van der Waals surface area contributed by atoms with Crippen molar-refractivity contribution in [2.45, 2.75) is 58.0 Å². The molecule has 1 fully saturated rings. The van der Waals surface area contributed by atoms with E-state index < -0.39 is 0 Å². The van der Waals surface area contributed by atoms with Gasteiger partial charge in [-0.05, 0) is 49.4 Å². The maximum Gasteiger partial charge on any atom is 0.120 e. The van der Waals surface area contributed by atoms with Gasteiger partial charge in [-0.3, -0.25) is 9.58 Å². The van der Waals surface area contributed by atoms with Gasteiger partial charge in [0.25, 0.3) is 0 Å². The average molecular weight is 327 g/mol. The highest BCUT2D eigenvalue weighted by atomic mass is 16.5. The number of fused-ring (bicyclic) bond motifs is 1. The zero-order chi connectivity index (χ0) is 16.4. The van der Waals surface area contributed by atoms with Crippen LogP contribution in [0, 0.1) is 0 Å². The van der Waals surface area contributed by atoms with E-state index in [4.69, 9.17) is 4.74 Å². The van der Waals surface area contributed by atoms with Crippen molar-refractivity contribution >= 4 is 0 Å². The largest absolute Gasteiger partial charge is 0.490 e. The van der Waals surface area contributed by atoms with E-state index in [-0.39, 0.29) is 6.61 Å². The minimum atomic E-state index is 0.0144. The maximum absolute atomic E-state index is 9.23. The molecule has 24 heavy (non-hydrogen) atoms. The second-order valence-corrected chi connectivity index (χ2v) is 6.89. The molecular formula is C19H25N3O2. The lowest BCUT2D eigenvalue weighted by Gasteiger charge is -2.27. The van der Waals surface area contributed by atoms with E-state index in [1.165, 1.54) is 36.9 Å². The Bertz CT molecular complexity index is 692. The van der Waals surface area contributed by atoms with Crippen molar-refractivity contribution in [2.24, 2.45) is 0 Å². The highest BCUT2D eigenvalue weighted by Crippen LogP contribution is 2.25. The van der Waals surface area contributed by atoms with Crippen molar-refractivity contribution in [1.82, 2.24) is 14.7 Å². The molecule has 1 N–H and O–H groups in total. The Kier molecular flexibility index (Phi) is 4.54. The molecule has 1 aliphatic carbocycles. The lowest BCUT2D eigenvalue weighted by molar-refractivity contribution is 0.200. The third-order valence-corrected chi connectivity index (χ3v) is 5.00. The van der Waals surface area contributed by atoms with E-state index in [1.54, 1.807) is 0 Å². The standard InChI is InChI=1S/C19H25N3O2/c23-14-16-11-17-13-21(8-9-22(17)20-16)12-15-4-3-7-19(10-15)24-18-5-1-2-6-18/h3-4,7,10-11,18,23H,1-2,5-6,8-9,12-14H2. The molecule has 0 unspecified atom stereocenters. The third kappa shape index (κ3) is 3.47. The van der Waals surface area contributed by atoms with Gasteiger partial charge in [-0.2, -0.15) is 5.10 Å². The molecule has 1 aromatic carbocycles. The van der Waals surface area contributed by atoms with Crippen LogP contribution < -0.4 is 4.74 Å². The predicted molar refractivity (Wildman–Crippen MR) is 91.6 cm³/mol. The van der Waals surface area contributed by atoms with Crippen LogP contribution in [-0.4, -0.2) is 32.4 Å². The van der Waals surface area contributed by atoms with Gasteiger partial charge in [0.05, 0.1) is 30.6 Å². The summed E-state index contributed by atoms with van der Waals surface area (Å²) >= 11 is 0. The second-order valence-electron chi connectivity index (χ2n) is 6.89. The molecule has 1 saturated carbocycles. The number of hydrogen-bond acceptors (Lipinski definition) is 4. The first-order valence-corrected chi connectivity index (χ1v) is 8.94. The van der Waals surface area contributed by atoms with Crippen LogP contribution in [0.5, 0.6) is 5.75 Å². The molecule has 0 atom stereocenters. The van der Waals surface area contributed by atoms with Crippen molar-refractivity contribution in [1.29, 1.82) is 0 Å². The van der Waals surface area contributed by atoms with Crippen LogP contribution in [0.15, 0.2) is 30.3 Å². The summed E-state index contributed by atoms with van der Waals surface area (Å²) in [6, 6.07) is 10.5. The van der Waals surface area contributed by atoms with Crippen LogP contribution in [0.25, 0.3) is 0 Å². The van der Waals surface area contributed by atoms with E-state index in [2.05, 4.69) is 34.3 Å². The van der Waals surface area contributed by atoms with Crippen molar-refractivity contribution in [3.8, 4) is 5.75 Å². The van der Waals surface area contributed by atoms with Gasteiger partial charge in [-0.15, -0.1) is 0 Å². The highest BCUT2D eigenvalue weighted by molar-refractivity contribution is 5.29. The normalized spacial score (nSPS) is 18.7. The number of ether oxygens (including phenoxy) is 1. The lowest BCUT2D eigenvalue weighted by Crippen LogP contribution is -2.33. The van der Waals surface area contributed by atoms with Crippen molar-refractivity contribution in [3.63, 3.8) is 0 Å². The van der Waals surface area contributed by atoms with E-state index in [0.717, 1.165) is 37.6 Å². The number of benzene rings is 1. The first-order valence-electron chi connectivity index (χ1n) is 8.94. The van der Waals surface area contributed by atoms with Gasteiger partial charge in [0, 0.05) is 19.6 Å². The van der Waals surface area contributed by atoms with E-state index in [1.807, 2.05) is 10.7 Å². The van der Waals surface area contributed by atoms with Crippen molar-refractivity contribution in [3.05, 3.63) is 47.3 Å². The Morgan fingerprint density at radius 2 is 2.04 bits per heavy atom. The number of rotatable bonds is 5. The van der Waals surface area contributed by atoms with E-state index in [0.29, 0.717) is 6.10 Å². The number of aliphatic hydroxyl groups is 1. The van der Waals surface area contributed by atoms with Gasteiger partial charge in [0.15, 0.2) is 0 Å². The molecule has 0 saturated heterocycles. The Morgan fingerprint density at radius 1 is 1.17 bits per heavy atom. The van der Waals surface area contributed by atoms with Gasteiger partial charge >= 0.3 is 0 Å². The molecule has 128 valence electrons. The zero-order valence-electron chi connectivity index (χ0n) is 14.0. The molecule has 0 bridgehead atoms. The molecule has 4 rings (SSSR count). The molecule has 1 aromatic heterocycles. The zero-order valence-corrected chi connectivity index (χ0v) is 14.0. The molecule has 5 heteroatoms. The summed E-state index contributed by atoms with van der Waals surface area (Å²) in [6.45, 7) is 3.67. The first-order chi connectivity index (χ1) is 11.8. The smallest absolute Gasteiger partial charge is 0.120 e. The van der Waals surface area contributed by atoms with E-state index in [9.17, 15) is 5.11 Å². The number of aromatic nitrogens is 2. The van der Waals surface area contributed by atoms with Crippen LogP contribution in [0.4, 0.5) is 0 Å². The summed E-state index contributed by atoms with van der Waals surface area (Å²) in [7, 11) is 0. The van der Waals surface area contributed by atoms with Gasteiger partial charge in [-0.1, -0.05) is 12.1 Å². The number of nitrogens with zero attached hydrogens (tertiary/aromatic N) is 3. The second kappa shape index (κ2) is 6.95. The molecular weight excluding hydrogens is 302 g/mol. The Labute approximate surface area is 142 Å². The average Bonchev–Trinajstić information content (AvgIpc) is 3.24.